The summed E-state index contributed by atoms with van der Waals surface area (Å²) in [6.45, 7) is 2.37. The summed E-state index contributed by atoms with van der Waals surface area (Å²) in [6, 6.07) is 1.42. The van der Waals surface area contributed by atoms with Gasteiger partial charge in [-0.25, -0.2) is 0 Å². The smallest absolute Gasteiger partial charge is 0.0366 e. The van der Waals surface area contributed by atoms with E-state index < -0.39 is 0 Å². The van der Waals surface area contributed by atoms with E-state index in [2.05, 4.69) is 29.6 Å². The van der Waals surface area contributed by atoms with E-state index in [1.807, 2.05) is 0 Å². The standard InChI is InChI=1S/C12H18N2/c1-8-2-3-9-6-13-7-11(9)12(8)14-10-4-5-10/h6-8,10,12-14H,2-5H2,1H3. The quantitative estimate of drug-likeness (QED) is 0.736. The summed E-state index contributed by atoms with van der Waals surface area (Å²) in [7, 11) is 0. The van der Waals surface area contributed by atoms with E-state index in [0.29, 0.717) is 6.04 Å². The zero-order valence-electron chi connectivity index (χ0n) is 8.72. The summed E-state index contributed by atoms with van der Waals surface area (Å²) in [4.78, 5) is 3.24. The SMILES string of the molecule is CC1CCc2c[nH]cc2C1NC1CC1. The fourth-order valence-corrected chi connectivity index (χ4v) is 2.53. The fraction of sp³-hybridized carbons (Fsp3) is 0.667. The summed E-state index contributed by atoms with van der Waals surface area (Å²) in [5.41, 5.74) is 3.05. The molecule has 76 valence electrons. The van der Waals surface area contributed by atoms with Crippen LogP contribution in [0, 0.1) is 5.92 Å². The number of rotatable bonds is 2. The van der Waals surface area contributed by atoms with Crippen molar-refractivity contribution in [1.82, 2.24) is 10.3 Å². The van der Waals surface area contributed by atoms with E-state index in [-0.39, 0.29) is 0 Å². The Morgan fingerprint density at radius 3 is 2.93 bits per heavy atom. The highest BCUT2D eigenvalue weighted by molar-refractivity contribution is 5.30. The molecular weight excluding hydrogens is 172 g/mol. The summed E-state index contributed by atoms with van der Waals surface area (Å²) < 4.78 is 0. The normalized spacial score (nSPS) is 31.5. The van der Waals surface area contributed by atoms with Crippen molar-refractivity contribution in [3.05, 3.63) is 23.5 Å². The van der Waals surface area contributed by atoms with Gasteiger partial charge in [0, 0.05) is 24.5 Å². The Hall–Kier alpha value is -0.760. The Balaban J connectivity index is 1.86. The van der Waals surface area contributed by atoms with Gasteiger partial charge in [0.2, 0.25) is 0 Å². The minimum absolute atomic E-state index is 0.609. The maximum absolute atomic E-state index is 3.76. The van der Waals surface area contributed by atoms with Crippen LogP contribution in [-0.2, 0) is 6.42 Å². The van der Waals surface area contributed by atoms with Gasteiger partial charge in [-0.2, -0.15) is 0 Å². The number of aromatic nitrogens is 1. The molecule has 2 atom stereocenters. The van der Waals surface area contributed by atoms with Crippen molar-refractivity contribution in [1.29, 1.82) is 0 Å². The van der Waals surface area contributed by atoms with Gasteiger partial charge in [-0.1, -0.05) is 6.92 Å². The molecule has 0 bridgehead atoms. The lowest BCUT2D eigenvalue weighted by atomic mass is 9.83. The minimum Gasteiger partial charge on any atom is -0.367 e. The van der Waals surface area contributed by atoms with Crippen LogP contribution in [0.1, 0.15) is 43.4 Å². The molecule has 0 spiro atoms. The van der Waals surface area contributed by atoms with Crippen LogP contribution in [0.15, 0.2) is 12.4 Å². The highest BCUT2D eigenvalue weighted by Gasteiger charge is 2.32. The lowest BCUT2D eigenvalue weighted by Gasteiger charge is -2.30. The molecule has 2 heteroatoms. The van der Waals surface area contributed by atoms with Crippen molar-refractivity contribution in [2.24, 2.45) is 5.92 Å². The third-order valence-corrected chi connectivity index (χ3v) is 3.63. The van der Waals surface area contributed by atoms with Crippen LogP contribution in [-0.4, -0.2) is 11.0 Å². The first-order valence-corrected chi connectivity index (χ1v) is 5.76. The molecule has 3 rings (SSSR count). The molecule has 2 N–H and O–H groups in total. The minimum atomic E-state index is 0.609. The number of hydrogen-bond donors (Lipinski definition) is 2. The van der Waals surface area contributed by atoms with Crippen molar-refractivity contribution >= 4 is 0 Å². The molecule has 1 saturated carbocycles. The second-order valence-corrected chi connectivity index (χ2v) is 4.87. The fourth-order valence-electron chi connectivity index (χ4n) is 2.53. The van der Waals surface area contributed by atoms with Gasteiger partial charge in [0.1, 0.15) is 0 Å². The molecule has 1 heterocycles. The molecule has 0 amide bonds. The average molecular weight is 190 g/mol. The van der Waals surface area contributed by atoms with Gasteiger partial charge in [0.05, 0.1) is 0 Å². The summed E-state index contributed by atoms with van der Waals surface area (Å²) in [5.74, 6) is 0.791. The molecule has 2 aliphatic rings. The first-order valence-electron chi connectivity index (χ1n) is 5.76. The molecule has 0 saturated heterocycles. The Bertz CT molecular complexity index is 325. The van der Waals surface area contributed by atoms with Gasteiger partial charge in [-0.15, -0.1) is 0 Å². The van der Waals surface area contributed by atoms with E-state index in [0.717, 1.165) is 12.0 Å². The van der Waals surface area contributed by atoms with E-state index in [1.165, 1.54) is 36.8 Å². The van der Waals surface area contributed by atoms with E-state index >= 15 is 0 Å². The second-order valence-electron chi connectivity index (χ2n) is 4.87. The van der Waals surface area contributed by atoms with Crippen molar-refractivity contribution in [2.45, 2.75) is 44.7 Å². The van der Waals surface area contributed by atoms with Crippen LogP contribution >= 0.6 is 0 Å². The van der Waals surface area contributed by atoms with Crippen LogP contribution in [0.5, 0.6) is 0 Å². The van der Waals surface area contributed by atoms with Crippen LogP contribution in [0.25, 0.3) is 0 Å². The van der Waals surface area contributed by atoms with Gasteiger partial charge in [0.25, 0.3) is 0 Å². The molecule has 0 aliphatic heterocycles. The zero-order chi connectivity index (χ0) is 9.54. The second kappa shape index (κ2) is 3.13. The molecule has 14 heavy (non-hydrogen) atoms. The third-order valence-electron chi connectivity index (χ3n) is 3.63. The molecule has 0 radical (unpaired) electrons. The van der Waals surface area contributed by atoms with Gasteiger partial charge >= 0.3 is 0 Å². The molecule has 2 aliphatic carbocycles. The number of fused-ring (bicyclic) bond motifs is 1. The maximum atomic E-state index is 3.76. The lowest BCUT2D eigenvalue weighted by molar-refractivity contribution is 0.343. The van der Waals surface area contributed by atoms with E-state index in [1.54, 1.807) is 0 Å². The molecule has 2 unspecified atom stereocenters. The highest BCUT2D eigenvalue weighted by Crippen LogP contribution is 2.36. The predicted molar refractivity (Wildman–Crippen MR) is 57.2 cm³/mol. The molecule has 1 aromatic rings. The molecule has 0 aromatic carbocycles. The Morgan fingerprint density at radius 2 is 2.14 bits per heavy atom. The van der Waals surface area contributed by atoms with Gasteiger partial charge in [-0.05, 0) is 42.7 Å². The van der Waals surface area contributed by atoms with E-state index in [9.17, 15) is 0 Å². The van der Waals surface area contributed by atoms with Crippen molar-refractivity contribution < 1.29 is 0 Å². The predicted octanol–water partition coefficient (Wildman–Crippen LogP) is 2.39. The van der Waals surface area contributed by atoms with Crippen LogP contribution in [0.3, 0.4) is 0 Å². The molecular formula is C12H18N2. The number of aryl methyl sites for hydroxylation is 1. The lowest BCUT2D eigenvalue weighted by Crippen LogP contribution is -2.31. The summed E-state index contributed by atoms with van der Waals surface area (Å²) in [5, 5.41) is 3.76. The third kappa shape index (κ3) is 1.38. The van der Waals surface area contributed by atoms with Gasteiger partial charge in [0.15, 0.2) is 0 Å². The Morgan fingerprint density at radius 1 is 1.29 bits per heavy atom. The Kier molecular flexibility index (Phi) is 1.91. The number of hydrogen-bond acceptors (Lipinski definition) is 1. The van der Waals surface area contributed by atoms with Gasteiger partial charge < -0.3 is 10.3 Å². The van der Waals surface area contributed by atoms with Crippen LogP contribution in [0.4, 0.5) is 0 Å². The number of H-pyrrole nitrogens is 1. The van der Waals surface area contributed by atoms with Gasteiger partial charge in [-0.3, -0.25) is 0 Å². The topological polar surface area (TPSA) is 27.8 Å². The van der Waals surface area contributed by atoms with Crippen molar-refractivity contribution in [3.63, 3.8) is 0 Å². The largest absolute Gasteiger partial charge is 0.367 e. The number of nitrogens with one attached hydrogen (secondary N) is 2. The average Bonchev–Trinajstić information content (AvgIpc) is 2.86. The molecule has 1 aromatic heterocycles. The summed E-state index contributed by atoms with van der Waals surface area (Å²) in [6.07, 6.45) is 9.69. The summed E-state index contributed by atoms with van der Waals surface area (Å²) >= 11 is 0. The monoisotopic (exact) mass is 190 g/mol. The van der Waals surface area contributed by atoms with Crippen molar-refractivity contribution in [3.8, 4) is 0 Å². The molecule has 1 fully saturated rings. The highest BCUT2D eigenvalue weighted by atomic mass is 15.0. The maximum Gasteiger partial charge on any atom is 0.0366 e. The van der Waals surface area contributed by atoms with Crippen LogP contribution in [0.2, 0.25) is 0 Å². The van der Waals surface area contributed by atoms with Crippen LogP contribution < -0.4 is 5.32 Å². The first kappa shape index (κ1) is 8.54. The number of aromatic amines is 1. The van der Waals surface area contributed by atoms with E-state index in [4.69, 9.17) is 0 Å². The molecule has 2 nitrogen and oxygen atoms in total. The Labute approximate surface area is 85.1 Å². The zero-order valence-corrected chi connectivity index (χ0v) is 8.72. The first-order chi connectivity index (χ1) is 6.84. The van der Waals surface area contributed by atoms with Crippen molar-refractivity contribution in [2.75, 3.05) is 0 Å².